The molecule has 0 saturated heterocycles. The molecule has 2 unspecified atom stereocenters. The van der Waals surface area contributed by atoms with Crippen LogP contribution >= 0.6 is 0 Å². The van der Waals surface area contributed by atoms with Crippen molar-refractivity contribution in [2.45, 2.75) is 58.0 Å². The van der Waals surface area contributed by atoms with Crippen molar-refractivity contribution in [1.29, 1.82) is 0 Å². The number of nitrogens with one attached hydrogen (secondary N) is 1. The highest BCUT2D eigenvalue weighted by molar-refractivity contribution is 5.43. The summed E-state index contributed by atoms with van der Waals surface area (Å²) in [7, 11) is 3.36. The largest absolute Gasteiger partial charge is 0.493 e. The van der Waals surface area contributed by atoms with Crippen LogP contribution in [0.5, 0.6) is 11.5 Å². The van der Waals surface area contributed by atoms with Gasteiger partial charge in [0.05, 0.1) is 14.2 Å². The van der Waals surface area contributed by atoms with E-state index in [0.717, 1.165) is 17.4 Å². The zero-order chi connectivity index (χ0) is 15.2. The maximum absolute atomic E-state index is 5.40. The summed E-state index contributed by atoms with van der Waals surface area (Å²) in [4.78, 5) is 0. The van der Waals surface area contributed by atoms with Crippen LogP contribution in [0.25, 0.3) is 0 Å². The topological polar surface area (TPSA) is 30.5 Å². The molecule has 0 spiro atoms. The Hall–Kier alpha value is -1.22. The Balaban J connectivity index is 2.00. The SMILES string of the molecule is COc1ccc(C(C)NC(C)C2CCCCC2)cc1OC. The fraction of sp³-hybridized carbons (Fsp3) is 0.667. The minimum absolute atomic E-state index is 0.321. The zero-order valence-corrected chi connectivity index (χ0v) is 13.8. The van der Waals surface area contributed by atoms with Crippen molar-refractivity contribution in [2.24, 2.45) is 5.92 Å². The summed E-state index contributed by atoms with van der Waals surface area (Å²) in [6.07, 6.45) is 6.93. The third-order valence-corrected chi connectivity index (χ3v) is 4.78. The van der Waals surface area contributed by atoms with Gasteiger partial charge in [-0.25, -0.2) is 0 Å². The Morgan fingerprint density at radius 1 is 1.00 bits per heavy atom. The number of hydrogen-bond acceptors (Lipinski definition) is 3. The Morgan fingerprint density at radius 3 is 2.29 bits per heavy atom. The maximum atomic E-state index is 5.40. The highest BCUT2D eigenvalue weighted by Gasteiger charge is 2.21. The average molecular weight is 291 g/mol. The molecule has 1 N–H and O–H groups in total. The summed E-state index contributed by atoms with van der Waals surface area (Å²) < 4.78 is 10.7. The van der Waals surface area contributed by atoms with E-state index in [2.05, 4.69) is 31.3 Å². The first-order valence-corrected chi connectivity index (χ1v) is 8.13. The Bertz CT molecular complexity index is 441. The van der Waals surface area contributed by atoms with Crippen LogP contribution in [0.3, 0.4) is 0 Å². The molecule has 1 aromatic carbocycles. The molecule has 2 atom stereocenters. The van der Waals surface area contributed by atoms with Crippen LogP contribution < -0.4 is 14.8 Å². The normalized spacial score (nSPS) is 19.0. The lowest BCUT2D eigenvalue weighted by Gasteiger charge is -2.31. The smallest absolute Gasteiger partial charge is 0.161 e. The summed E-state index contributed by atoms with van der Waals surface area (Å²) in [5, 5.41) is 3.76. The first-order chi connectivity index (χ1) is 10.2. The minimum atomic E-state index is 0.321. The first kappa shape index (κ1) is 16.2. The van der Waals surface area contributed by atoms with E-state index < -0.39 is 0 Å². The number of hydrogen-bond donors (Lipinski definition) is 1. The lowest BCUT2D eigenvalue weighted by Crippen LogP contribution is -2.36. The molecule has 118 valence electrons. The van der Waals surface area contributed by atoms with E-state index in [1.807, 2.05) is 6.07 Å². The highest BCUT2D eigenvalue weighted by Crippen LogP contribution is 2.31. The lowest BCUT2D eigenvalue weighted by atomic mass is 9.84. The van der Waals surface area contributed by atoms with Crippen LogP contribution in [-0.4, -0.2) is 20.3 Å². The van der Waals surface area contributed by atoms with Crippen molar-refractivity contribution in [3.63, 3.8) is 0 Å². The number of ether oxygens (including phenoxy) is 2. The summed E-state index contributed by atoms with van der Waals surface area (Å²) in [6, 6.07) is 7.06. The number of benzene rings is 1. The third kappa shape index (κ3) is 4.13. The van der Waals surface area contributed by atoms with Gasteiger partial charge in [0.15, 0.2) is 11.5 Å². The predicted octanol–water partition coefficient (Wildman–Crippen LogP) is 4.32. The molecule has 1 aliphatic carbocycles. The summed E-state index contributed by atoms with van der Waals surface area (Å²) in [5.74, 6) is 2.41. The first-order valence-electron chi connectivity index (χ1n) is 8.13. The summed E-state index contributed by atoms with van der Waals surface area (Å²) >= 11 is 0. The second-order valence-corrected chi connectivity index (χ2v) is 6.19. The minimum Gasteiger partial charge on any atom is -0.493 e. The molecule has 1 saturated carbocycles. The van der Waals surface area contributed by atoms with Crippen molar-refractivity contribution >= 4 is 0 Å². The monoisotopic (exact) mass is 291 g/mol. The average Bonchev–Trinajstić information content (AvgIpc) is 2.54. The molecule has 1 aromatic rings. The third-order valence-electron chi connectivity index (χ3n) is 4.78. The maximum Gasteiger partial charge on any atom is 0.161 e. The second-order valence-electron chi connectivity index (χ2n) is 6.19. The van der Waals surface area contributed by atoms with Crippen molar-refractivity contribution in [2.75, 3.05) is 14.2 Å². The summed E-state index contributed by atoms with van der Waals surface area (Å²) in [6.45, 7) is 4.55. The highest BCUT2D eigenvalue weighted by atomic mass is 16.5. The van der Waals surface area contributed by atoms with Gasteiger partial charge in [0, 0.05) is 12.1 Å². The van der Waals surface area contributed by atoms with Gasteiger partial charge in [-0.3, -0.25) is 0 Å². The molecule has 0 amide bonds. The number of methoxy groups -OCH3 is 2. The van der Waals surface area contributed by atoms with E-state index >= 15 is 0 Å². The van der Waals surface area contributed by atoms with Gasteiger partial charge in [-0.1, -0.05) is 25.3 Å². The van der Waals surface area contributed by atoms with Gasteiger partial charge >= 0.3 is 0 Å². The second kappa shape index (κ2) is 7.69. The molecule has 1 aliphatic rings. The van der Waals surface area contributed by atoms with Gasteiger partial charge < -0.3 is 14.8 Å². The zero-order valence-electron chi connectivity index (χ0n) is 13.8. The van der Waals surface area contributed by atoms with E-state index in [1.165, 1.54) is 37.7 Å². The van der Waals surface area contributed by atoms with Gasteiger partial charge in [-0.15, -0.1) is 0 Å². The molecule has 1 fully saturated rings. The van der Waals surface area contributed by atoms with Crippen LogP contribution in [0.1, 0.15) is 57.6 Å². The Morgan fingerprint density at radius 2 is 1.67 bits per heavy atom. The Kier molecular flexibility index (Phi) is 5.92. The van der Waals surface area contributed by atoms with Gasteiger partial charge in [0.25, 0.3) is 0 Å². The quantitative estimate of drug-likeness (QED) is 0.846. The summed E-state index contributed by atoms with van der Waals surface area (Å²) in [5.41, 5.74) is 1.25. The predicted molar refractivity (Wildman–Crippen MR) is 87.1 cm³/mol. The number of rotatable bonds is 6. The van der Waals surface area contributed by atoms with E-state index in [9.17, 15) is 0 Å². The fourth-order valence-electron chi connectivity index (χ4n) is 3.38. The lowest BCUT2D eigenvalue weighted by molar-refractivity contribution is 0.268. The van der Waals surface area contributed by atoms with Crippen LogP contribution in [0.2, 0.25) is 0 Å². The molecular weight excluding hydrogens is 262 g/mol. The molecule has 0 heterocycles. The Labute approximate surface area is 129 Å². The molecular formula is C18H29NO2. The van der Waals surface area contributed by atoms with Crippen molar-refractivity contribution in [1.82, 2.24) is 5.32 Å². The molecule has 0 aromatic heterocycles. The molecule has 0 radical (unpaired) electrons. The van der Waals surface area contributed by atoms with Crippen LogP contribution in [0.4, 0.5) is 0 Å². The standard InChI is InChI=1S/C18H29NO2/c1-13(15-8-6-5-7-9-15)19-14(2)16-10-11-17(20-3)18(12-16)21-4/h10-15,19H,5-9H2,1-4H3. The molecule has 3 nitrogen and oxygen atoms in total. The van der Waals surface area contributed by atoms with E-state index in [0.29, 0.717) is 12.1 Å². The van der Waals surface area contributed by atoms with Crippen molar-refractivity contribution in [3.8, 4) is 11.5 Å². The van der Waals surface area contributed by atoms with Crippen molar-refractivity contribution in [3.05, 3.63) is 23.8 Å². The molecule has 21 heavy (non-hydrogen) atoms. The van der Waals surface area contributed by atoms with E-state index in [4.69, 9.17) is 9.47 Å². The molecule has 0 aliphatic heterocycles. The van der Waals surface area contributed by atoms with Crippen LogP contribution in [0.15, 0.2) is 18.2 Å². The van der Waals surface area contributed by atoms with E-state index in [-0.39, 0.29) is 0 Å². The van der Waals surface area contributed by atoms with Crippen LogP contribution in [-0.2, 0) is 0 Å². The molecule has 2 rings (SSSR count). The van der Waals surface area contributed by atoms with Gasteiger partial charge in [-0.2, -0.15) is 0 Å². The van der Waals surface area contributed by atoms with E-state index in [1.54, 1.807) is 14.2 Å². The van der Waals surface area contributed by atoms with Crippen molar-refractivity contribution < 1.29 is 9.47 Å². The molecule has 3 heteroatoms. The van der Waals surface area contributed by atoms with Gasteiger partial charge in [-0.05, 0) is 50.3 Å². The fourth-order valence-corrected chi connectivity index (χ4v) is 3.38. The molecule has 0 bridgehead atoms. The van der Waals surface area contributed by atoms with Gasteiger partial charge in [0.2, 0.25) is 0 Å². The van der Waals surface area contributed by atoms with Gasteiger partial charge in [0.1, 0.15) is 0 Å². The van der Waals surface area contributed by atoms with Crippen LogP contribution in [0, 0.1) is 5.92 Å².